The van der Waals surface area contributed by atoms with Crippen molar-refractivity contribution in [1.29, 1.82) is 0 Å². The van der Waals surface area contributed by atoms with Crippen LogP contribution in [0.4, 0.5) is 13.2 Å². The first-order valence-corrected chi connectivity index (χ1v) is 4.77. The Morgan fingerprint density at radius 3 is 2.38 bits per heavy atom. The van der Waals surface area contributed by atoms with Crippen LogP contribution in [0.3, 0.4) is 0 Å². The standard InChI is InChI=1S/C8H10F3NS/c1-5-3-4-13-6(5)7(12-2)8(9,10)11/h3-6H,1-2H3. The monoisotopic (exact) mass is 209 g/mol. The predicted octanol–water partition coefficient (Wildman–Crippen LogP) is 2.88. The zero-order chi connectivity index (χ0) is 10.1. The summed E-state index contributed by atoms with van der Waals surface area (Å²) in [6.07, 6.45) is -2.53. The number of nitrogens with zero attached hydrogens (tertiary/aromatic N) is 1. The molecule has 2 unspecified atom stereocenters. The lowest BCUT2D eigenvalue weighted by Crippen LogP contribution is -2.34. The number of hydrogen-bond donors (Lipinski definition) is 0. The van der Waals surface area contributed by atoms with Crippen LogP contribution in [-0.2, 0) is 0 Å². The largest absolute Gasteiger partial charge is 0.430 e. The van der Waals surface area contributed by atoms with Crippen LogP contribution in [0.5, 0.6) is 0 Å². The highest BCUT2D eigenvalue weighted by molar-refractivity contribution is 8.03. The van der Waals surface area contributed by atoms with E-state index in [-0.39, 0.29) is 5.92 Å². The van der Waals surface area contributed by atoms with E-state index in [4.69, 9.17) is 0 Å². The molecule has 0 radical (unpaired) electrons. The number of alkyl halides is 3. The van der Waals surface area contributed by atoms with E-state index < -0.39 is 17.1 Å². The summed E-state index contributed by atoms with van der Waals surface area (Å²) in [5.41, 5.74) is -0.671. The zero-order valence-electron chi connectivity index (χ0n) is 7.30. The van der Waals surface area contributed by atoms with E-state index in [0.29, 0.717) is 0 Å². The van der Waals surface area contributed by atoms with Gasteiger partial charge in [0, 0.05) is 7.05 Å². The van der Waals surface area contributed by atoms with Gasteiger partial charge in [-0.3, -0.25) is 4.99 Å². The third-order valence-corrected chi connectivity index (χ3v) is 3.15. The quantitative estimate of drug-likeness (QED) is 0.605. The molecule has 1 aliphatic rings. The lowest BCUT2D eigenvalue weighted by atomic mass is 10.0. The molecule has 0 aromatic carbocycles. The van der Waals surface area contributed by atoms with Crippen molar-refractivity contribution in [2.75, 3.05) is 7.05 Å². The molecule has 2 atom stereocenters. The normalized spacial score (nSPS) is 29.8. The molecule has 5 heteroatoms. The van der Waals surface area contributed by atoms with E-state index in [1.807, 2.05) is 0 Å². The van der Waals surface area contributed by atoms with E-state index in [1.54, 1.807) is 18.4 Å². The van der Waals surface area contributed by atoms with Gasteiger partial charge in [0.1, 0.15) is 5.71 Å². The fraction of sp³-hybridized carbons (Fsp3) is 0.625. The molecule has 1 rings (SSSR count). The Balaban J connectivity index is 2.81. The minimum Gasteiger partial charge on any atom is -0.287 e. The number of hydrogen-bond acceptors (Lipinski definition) is 2. The average molecular weight is 209 g/mol. The van der Waals surface area contributed by atoms with Crippen LogP contribution in [0.15, 0.2) is 16.5 Å². The van der Waals surface area contributed by atoms with Crippen LogP contribution in [0.2, 0.25) is 0 Å². The summed E-state index contributed by atoms with van der Waals surface area (Å²) in [4.78, 5) is 3.32. The van der Waals surface area contributed by atoms with Gasteiger partial charge >= 0.3 is 6.18 Å². The molecule has 1 aliphatic heterocycles. The van der Waals surface area contributed by atoms with Crippen molar-refractivity contribution in [3.8, 4) is 0 Å². The number of thioether (sulfide) groups is 1. The lowest BCUT2D eigenvalue weighted by Gasteiger charge is -2.18. The Hall–Kier alpha value is -0.450. The van der Waals surface area contributed by atoms with Gasteiger partial charge in [-0.2, -0.15) is 13.2 Å². The molecule has 74 valence electrons. The minimum absolute atomic E-state index is 0.0923. The molecule has 0 fully saturated rings. The molecule has 0 aromatic heterocycles. The van der Waals surface area contributed by atoms with E-state index >= 15 is 0 Å². The third kappa shape index (κ3) is 2.27. The fourth-order valence-corrected chi connectivity index (χ4v) is 2.42. The summed E-state index contributed by atoms with van der Waals surface area (Å²) in [7, 11) is 1.19. The average Bonchev–Trinajstić information content (AvgIpc) is 2.35. The second-order valence-corrected chi connectivity index (χ2v) is 3.90. The van der Waals surface area contributed by atoms with Crippen molar-refractivity contribution in [2.24, 2.45) is 10.9 Å². The highest BCUT2D eigenvalue weighted by atomic mass is 32.2. The van der Waals surface area contributed by atoms with Gasteiger partial charge in [0.05, 0.1) is 5.25 Å². The maximum absolute atomic E-state index is 12.4. The Bertz CT molecular complexity index is 244. The second kappa shape index (κ2) is 3.74. The molecule has 0 aliphatic carbocycles. The third-order valence-electron chi connectivity index (χ3n) is 1.89. The van der Waals surface area contributed by atoms with Crippen molar-refractivity contribution in [2.45, 2.75) is 18.3 Å². The van der Waals surface area contributed by atoms with Gasteiger partial charge in [-0.05, 0) is 11.3 Å². The maximum atomic E-state index is 12.4. The number of halogens is 3. The number of allylic oxidation sites excluding steroid dienone is 1. The summed E-state index contributed by atoms with van der Waals surface area (Å²) in [6, 6.07) is 0. The number of rotatable bonds is 1. The van der Waals surface area contributed by atoms with Crippen LogP contribution in [-0.4, -0.2) is 24.2 Å². The zero-order valence-corrected chi connectivity index (χ0v) is 8.12. The first-order chi connectivity index (χ1) is 5.96. The highest BCUT2D eigenvalue weighted by Gasteiger charge is 2.42. The maximum Gasteiger partial charge on any atom is 0.430 e. The Labute approximate surface area is 79.1 Å². The molecule has 0 bridgehead atoms. The van der Waals surface area contributed by atoms with Crippen molar-refractivity contribution >= 4 is 17.5 Å². The summed E-state index contributed by atoms with van der Waals surface area (Å²) in [5, 5.41) is 1.14. The molecule has 0 spiro atoms. The van der Waals surface area contributed by atoms with Crippen LogP contribution >= 0.6 is 11.8 Å². The predicted molar refractivity (Wildman–Crippen MR) is 49.1 cm³/mol. The van der Waals surface area contributed by atoms with Gasteiger partial charge in [0.2, 0.25) is 0 Å². The summed E-state index contributed by atoms with van der Waals surface area (Å²) in [5.74, 6) is -0.0923. The van der Waals surface area contributed by atoms with Gasteiger partial charge in [-0.1, -0.05) is 13.0 Å². The van der Waals surface area contributed by atoms with Gasteiger partial charge in [-0.25, -0.2) is 0 Å². The van der Waals surface area contributed by atoms with Gasteiger partial charge < -0.3 is 0 Å². The molecular formula is C8H10F3NS. The highest BCUT2D eigenvalue weighted by Crippen LogP contribution is 2.35. The Morgan fingerprint density at radius 2 is 2.08 bits per heavy atom. The minimum atomic E-state index is -4.30. The summed E-state index contributed by atoms with van der Waals surface area (Å²) < 4.78 is 37.1. The van der Waals surface area contributed by atoms with Crippen LogP contribution in [0.1, 0.15) is 6.92 Å². The molecular weight excluding hydrogens is 199 g/mol. The van der Waals surface area contributed by atoms with Gasteiger partial charge in [0.25, 0.3) is 0 Å². The first-order valence-electron chi connectivity index (χ1n) is 3.83. The summed E-state index contributed by atoms with van der Waals surface area (Å²) in [6.45, 7) is 1.76. The second-order valence-electron chi connectivity index (χ2n) is 2.85. The number of aliphatic imine (C=N–C) groups is 1. The lowest BCUT2D eigenvalue weighted by molar-refractivity contribution is -0.0605. The molecule has 1 heterocycles. The Kier molecular flexibility index (Phi) is 3.05. The van der Waals surface area contributed by atoms with Crippen LogP contribution in [0.25, 0.3) is 0 Å². The SMILES string of the molecule is CN=C(C1SC=CC1C)C(F)(F)F. The summed E-state index contributed by atoms with van der Waals surface area (Å²) >= 11 is 1.18. The van der Waals surface area contributed by atoms with Gasteiger partial charge in [-0.15, -0.1) is 11.8 Å². The first kappa shape index (κ1) is 10.6. The fourth-order valence-electron chi connectivity index (χ4n) is 1.21. The topological polar surface area (TPSA) is 12.4 Å². The van der Waals surface area contributed by atoms with Crippen LogP contribution in [0, 0.1) is 5.92 Å². The van der Waals surface area contributed by atoms with E-state index in [1.165, 1.54) is 18.8 Å². The van der Waals surface area contributed by atoms with E-state index in [0.717, 1.165) is 0 Å². The van der Waals surface area contributed by atoms with E-state index in [2.05, 4.69) is 4.99 Å². The smallest absolute Gasteiger partial charge is 0.287 e. The molecule has 1 nitrogen and oxygen atoms in total. The van der Waals surface area contributed by atoms with Crippen molar-refractivity contribution in [1.82, 2.24) is 0 Å². The molecule has 0 saturated heterocycles. The van der Waals surface area contributed by atoms with Crippen LogP contribution < -0.4 is 0 Å². The molecule has 0 aromatic rings. The van der Waals surface area contributed by atoms with Crippen molar-refractivity contribution in [3.63, 3.8) is 0 Å². The van der Waals surface area contributed by atoms with E-state index in [9.17, 15) is 13.2 Å². The molecule has 13 heavy (non-hydrogen) atoms. The van der Waals surface area contributed by atoms with Crippen molar-refractivity contribution in [3.05, 3.63) is 11.5 Å². The van der Waals surface area contributed by atoms with Gasteiger partial charge in [0.15, 0.2) is 0 Å². The molecule has 0 saturated carbocycles. The molecule has 0 amide bonds. The van der Waals surface area contributed by atoms with Crippen molar-refractivity contribution < 1.29 is 13.2 Å². The molecule has 0 N–H and O–H groups in total. The Morgan fingerprint density at radius 1 is 1.46 bits per heavy atom.